The Kier molecular flexibility index (Phi) is 9.40. The molecule has 1 atom stereocenters. The Bertz CT molecular complexity index is 286. The van der Waals surface area contributed by atoms with Crippen molar-refractivity contribution in [1.82, 2.24) is 0 Å². The van der Waals surface area contributed by atoms with Crippen molar-refractivity contribution in [2.45, 2.75) is 77.9 Å². The third-order valence-electron chi connectivity index (χ3n) is 4.38. The molecule has 0 N–H and O–H groups in total. The second kappa shape index (κ2) is 9.57. The minimum Gasteiger partial charge on any atom is -0.417 e. The van der Waals surface area contributed by atoms with Gasteiger partial charge in [-0.1, -0.05) is 52.3 Å². The summed E-state index contributed by atoms with van der Waals surface area (Å²) in [6.45, 7) is 18.6. The van der Waals surface area contributed by atoms with E-state index in [0.717, 1.165) is 25.9 Å². The van der Waals surface area contributed by atoms with Gasteiger partial charge in [0.05, 0.1) is 0 Å². The number of unbranched alkanes of at least 4 members (excludes halogenated alkanes) is 1. The maximum absolute atomic E-state index is 6.17. The molecule has 20 heavy (non-hydrogen) atoms. The average molecular weight is 297 g/mol. The van der Waals surface area contributed by atoms with Gasteiger partial charge in [-0.25, -0.2) is 0 Å². The van der Waals surface area contributed by atoms with Gasteiger partial charge >= 0.3 is 0 Å². The molecule has 0 aromatic carbocycles. The van der Waals surface area contributed by atoms with Crippen LogP contribution in [0.4, 0.5) is 0 Å². The first-order valence-electron chi connectivity index (χ1n) is 8.16. The molecule has 0 aromatic rings. The van der Waals surface area contributed by atoms with Gasteiger partial charge in [0.15, 0.2) is 8.32 Å². The summed E-state index contributed by atoms with van der Waals surface area (Å²) in [6.07, 6.45) is 12.6. The molecule has 2 heteroatoms. The third-order valence-corrected chi connectivity index (χ3v) is 8.92. The maximum Gasteiger partial charge on any atom is 0.191 e. The molecule has 0 saturated carbocycles. The Labute approximate surface area is 128 Å². The van der Waals surface area contributed by atoms with Crippen LogP contribution in [-0.2, 0) is 4.43 Å². The Morgan fingerprint density at radius 1 is 1.20 bits per heavy atom. The topological polar surface area (TPSA) is 9.23 Å². The van der Waals surface area contributed by atoms with Crippen LogP contribution in [0, 0.1) is 5.92 Å². The molecule has 0 spiro atoms. The molecule has 0 rings (SSSR count). The molecule has 0 saturated heterocycles. The minimum absolute atomic E-state index is 0.320. The summed E-state index contributed by atoms with van der Waals surface area (Å²) in [6, 6.07) is 0. The molecule has 1 nitrogen and oxygen atoms in total. The van der Waals surface area contributed by atoms with Crippen LogP contribution in [0.2, 0.25) is 18.1 Å². The lowest BCUT2D eigenvalue weighted by atomic mass is 10.00. The van der Waals surface area contributed by atoms with Crippen molar-refractivity contribution in [3.05, 3.63) is 24.8 Å². The summed E-state index contributed by atoms with van der Waals surface area (Å²) in [4.78, 5) is 0. The van der Waals surface area contributed by atoms with Crippen molar-refractivity contribution in [2.75, 3.05) is 6.61 Å². The van der Waals surface area contributed by atoms with E-state index in [9.17, 15) is 0 Å². The van der Waals surface area contributed by atoms with E-state index in [1.54, 1.807) is 0 Å². The van der Waals surface area contributed by atoms with Crippen molar-refractivity contribution >= 4 is 8.32 Å². The number of hydrogen-bond acceptors (Lipinski definition) is 1. The highest BCUT2D eigenvalue weighted by Crippen LogP contribution is 2.36. The van der Waals surface area contributed by atoms with E-state index in [0.29, 0.717) is 11.0 Å². The Morgan fingerprint density at radius 3 is 2.35 bits per heavy atom. The van der Waals surface area contributed by atoms with Gasteiger partial charge < -0.3 is 4.43 Å². The van der Waals surface area contributed by atoms with E-state index in [4.69, 9.17) is 4.43 Å². The molecular weight excluding hydrogens is 260 g/mol. The van der Waals surface area contributed by atoms with Gasteiger partial charge in [0.2, 0.25) is 0 Å². The van der Waals surface area contributed by atoms with Crippen LogP contribution in [0.25, 0.3) is 0 Å². The van der Waals surface area contributed by atoms with Crippen LogP contribution in [0.3, 0.4) is 0 Å². The van der Waals surface area contributed by atoms with Crippen molar-refractivity contribution in [3.63, 3.8) is 0 Å². The van der Waals surface area contributed by atoms with Crippen molar-refractivity contribution in [1.29, 1.82) is 0 Å². The zero-order chi connectivity index (χ0) is 15.6. The first-order chi connectivity index (χ1) is 9.24. The van der Waals surface area contributed by atoms with Crippen molar-refractivity contribution in [3.8, 4) is 0 Å². The molecule has 0 bridgehead atoms. The van der Waals surface area contributed by atoms with E-state index in [2.05, 4.69) is 65.6 Å². The number of rotatable bonds is 10. The van der Waals surface area contributed by atoms with Gasteiger partial charge in [-0.2, -0.15) is 0 Å². The normalized spacial score (nSPS) is 14.7. The van der Waals surface area contributed by atoms with Gasteiger partial charge in [0.25, 0.3) is 0 Å². The van der Waals surface area contributed by atoms with Crippen molar-refractivity contribution in [2.24, 2.45) is 5.92 Å². The quantitative estimate of drug-likeness (QED) is 0.260. The van der Waals surface area contributed by atoms with Crippen LogP contribution < -0.4 is 0 Å². The third kappa shape index (κ3) is 8.06. The summed E-state index contributed by atoms with van der Waals surface area (Å²) in [7, 11) is -1.55. The Balaban J connectivity index is 3.79. The summed E-state index contributed by atoms with van der Waals surface area (Å²) >= 11 is 0. The second-order valence-electron chi connectivity index (χ2n) is 7.24. The monoisotopic (exact) mass is 296 g/mol. The molecule has 0 aliphatic heterocycles. The fraction of sp³-hybridized carbons (Fsp3) is 0.778. The van der Waals surface area contributed by atoms with Crippen LogP contribution in [-0.4, -0.2) is 14.9 Å². The van der Waals surface area contributed by atoms with Gasteiger partial charge in [-0.3, -0.25) is 0 Å². The largest absolute Gasteiger partial charge is 0.417 e. The molecule has 0 aliphatic rings. The van der Waals surface area contributed by atoms with E-state index in [1.807, 2.05) is 0 Å². The highest BCUT2D eigenvalue weighted by Gasteiger charge is 2.36. The number of allylic oxidation sites excluding steroid dienone is 3. The average Bonchev–Trinajstić information content (AvgIpc) is 2.34. The first kappa shape index (κ1) is 19.7. The summed E-state index contributed by atoms with van der Waals surface area (Å²) in [5.41, 5.74) is 0. The van der Waals surface area contributed by atoms with E-state index in [1.165, 1.54) is 12.8 Å². The van der Waals surface area contributed by atoms with Crippen LogP contribution in [0.1, 0.15) is 59.8 Å². The molecule has 0 aliphatic carbocycles. The molecule has 1 unspecified atom stereocenters. The summed E-state index contributed by atoms with van der Waals surface area (Å²) in [5.74, 6) is 0.653. The molecule has 0 fully saturated rings. The van der Waals surface area contributed by atoms with Crippen LogP contribution in [0.5, 0.6) is 0 Å². The van der Waals surface area contributed by atoms with Gasteiger partial charge in [0.1, 0.15) is 0 Å². The van der Waals surface area contributed by atoms with E-state index >= 15 is 0 Å². The SMILES string of the molecule is C=CC(C/C=C/CCCO[Si](C)(C)C(C)(C)C)CCC. The zero-order valence-corrected chi connectivity index (χ0v) is 15.7. The lowest BCUT2D eigenvalue weighted by Gasteiger charge is -2.36. The molecule has 0 amide bonds. The second-order valence-corrected chi connectivity index (χ2v) is 12.1. The van der Waals surface area contributed by atoms with Crippen LogP contribution >= 0.6 is 0 Å². The molecule has 0 radical (unpaired) electrons. The first-order valence-corrected chi connectivity index (χ1v) is 11.1. The molecular formula is C18H36OSi. The Hall–Kier alpha value is -0.343. The zero-order valence-electron chi connectivity index (χ0n) is 14.7. The molecule has 118 valence electrons. The lowest BCUT2D eigenvalue weighted by molar-refractivity contribution is 0.283. The highest BCUT2D eigenvalue weighted by molar-refractivity contribution is 6.74. The standard InChI is InChI=1S/C18H36OSi/c1-8-14-17(9-2)15-12-10-11-13-16-19-20(6,7)18(3,4)5/h9-10,12,17H,2,8,11,13-16H2,1,3-7H3/b12-10+. The molecule has 0 aromatic heterocycles. The van der Waals surface area contributed by atoms with E-state index in [-0.39, 0.29) is 0 Å². The van der Waals surface area contributed by atoms with E-state index < -0.39 is 8.32 Å². The summed E-state index contributed by atoms with van der Waals surface area (Å²) in [5, 5.41) is 0.320. The van der Waals surface area contributed by atoms with Gasteiger partial charge in [0, 0.05) is 6.61 Å². The predicted molar refractivity (Wildman–Crippen MR) is 94.7 cm³/mol. The molecule has 0 heterocycles. The fourth-order valence-corrected chi connectivity index (χ4v) is 2.92. The highest BCUT2D eigenvalue weighted by atomic mass is 28.4. The fourth-order valence-electron chi connectivity index (χ4n) is 1.84. The lowest BCUT2D eigenvalue weighted by Crippen LogP contribution is -2.40. The maximum atomic E-state index is 6.17. The predicted octanol–water partition coefficient (Wildman–Crippen LogP) is 6.34. The van der Waals surface area contributed by atoms with Crippen LogP contribution in [0.15, 0.2) is 24.8 Å². The minimum atomic E-state index is -1.55. The Morgan fingerprint density at radius 2 is 1.85 bits per heavy atom. The summed E-state index contributed by atoms with van der Waals surface area (Å²) < 4.78 is 6.17. The smallest absolute Gasteiger partial charge is 0.191 e. The number of hydrogen-bond donors (Lipinski definition) is 0. The van der Waals surface area contributed by atoms with Gasteiger partial charge in [-0.15, -0.1) is 6.58 Å². The van der Waals surface area contributed by atoms with Gasteiger partial charge in [-0.05, 0) is 49.7 Å². The van der Waals surface area contributed by atoms with Crippen molar-refractivity contribution < 1.29 is 4.43 Å².